The number of halogens is 1. The Morgan fingerprint density at radius 1 is 1.04 bits per heavy atom. The summed E-state index contributed by atoms with van der Waals surface area (Å²) in [7, 11) is 1.54. The second-order valence-corrected chi connectivity index (χ2v) is 14.2. The van der Waals surface area contributed by atoms with Crippen LogP contribution in [0.25, 0.3) is 16.7 Å². The number of likely N-dealkylation sites (tertiary alicyclic amines) is 2. The monoisotopic (exact) mass is 675 g/mol. The fraction of sp³-hybridized carbons (Fsp3) is 0.444. The van der Waals surface area contributed by atoms with Crippen molar-refractivity contribution in [2.24, 2.45) is 5.92 Å². The summed E-state index contributed by atoms with van der Waals surface area (Å²) in [5.41, 5.74) is 0.190. The molecule has 12 heteroatoms. The standard InChI is InChI=1S/C36H42ClN5O6/c1-35(2,3)48-34(45)40-16-12-26(28(21-40)24-8-6-5-7-9-24)32(43)39-18-14-36(46,15-19-39)22-41-23-38-31-27(33(41)44)13-17-42(31)25-10-11-29(37)30(20-25)47-4/h5-11,13,17,20,23,26,28,46H,12,14-16,18-19,21-22H2,1-4H3/t26-,28+/m1/s1. The van der Waals surface area contributed by atoms with Crippen molar-refractivity contribution in [3.63, 3.8) is 0 Å². The van der Waals surface area contributed by atoms with Crippen LogP contribution in [0.15, 0.2) is 71.9 Å². The molecule has 0 radical (unpaired) electrons. The van der Waals surface area contributed by atoms with Crippen molar-refractivity contribution in [1.29, 1.82) is 0 Å². The molecule has 2 aliphatic rings. The van der Waals surface area contributed by atoms with Crippen LogP contribution in [0.1, 0.15) is 51.5 Å². The normalized spacial score (nSPS) is 19.7. The van der Waals surface area contributed by atoms with Crippen molar-refractivity contribution in [1.82, 2.24) is 23.9 Å². The van der Waals surface area contributed by atoms with Crippen LogP contribution in [0.2, 0.25) is 5.02 Å². The molecule has 4 heterocycles. The summed E-state index contributed by atoms with van der Waals surface area (Å²) in [5, 5.41) is 12.5. The van der Waals surface area contributed by atoms with Gasteiger partial charge in [-0.25, -0.2) is 9.78 Å². The summed E-state index contributed by atoms with van der Waals surface area (Å²) < 4.78 is 14.2. The number of fused-ring (bicyclic) bond motifs is 1. The summed E-state index contributed by atoms with van der Waals surface area (Å²) in [4.78, 5) is 48.6. The van der Waals surface area contributed by atoms with Gasteiger partial charge in [0.05, 0.1) is 35.4 Å². The van der Waals surface area contributed by atoms with E-state index in [1.54, 1.807) is 41.0 Å². The van der Waals surface area contributed by atoms with Crippen molar-refractivity contribution in [3.8, 4) is 11.4 Å². The van der Waals surface area contributed by atoms with E-state index in [1.165, 1.54) is 10.9 Å². The molecule has 0 unspecified atom stereocenters. The number of rotatable bonds is 6. The minimum Gasteiger partial charge on any atom is -0.495 e. The van der Waals surface area contributed by atoms with Gasteiger partial charge < -0.3 is 28.9 Å². The predicted molar refractivity (Wildman–Crippen MR) is 183 cm³/mol. The highest BCUT2D eigenvalue weighted by Gasteiger charge is 2.42. The second-order valence-electron chi connectivity index (χ2n) is 13.8. The average molecular weight is 676 g/mol. The average Bonchev–Trinajstić information content (AvgIpc) is 3.50. The highest BCUT2D eigenvalue weighted by molar-refractivity contribution is 6.32. The molecule has 11 nitrogen and oxygen atoms in total. The molecule has 2 saturated heterocycles. The number of hydrogen-bond donors (Lipinski definition) is 1. The number of ether oxygens (including phenoxy) is 2. The predicted octanol–water partition coefficient (Wildman–Crippen LogP) is 5.24. The van der Waals surface area contributed by atoms with Crippen LogP contribution in [0, 0.1) is 5.92 Å². The molecule has 2 aromatic carbocycles. The molecule has 2 aromatic heterocycles. The Morgan fingerprint density at radius 3 is 2.46 bits per heavy atom. The molecule has 0 saturated carbocycles. The zero-order valence-electron chi connectivity index (χ0n) is 27.8. The topological polar surface area (TPSA) is 119 Å². The van der Waals surface area contributed by atoms with Crippen LogP contribution in [0.4, 0.5) is 4.79 Å². The van der Waals surface area contributed by atoms with E-state index in [2.05, 4.69) is 4.98 Å². The van der Waals surface area contributed by atoms with Gasteiger partial charge in [-0.2, -0.15) is 0 Å². The van der Waals surface area contributed by atoms with E-state index in [4.69, 9.17) is 21.1 Å². The lowest BCUT2D eigenvalue weighted by molar-refractivity contribution is -0.142. The molecule has 6 rings (SSSR count). The van der Waals surface area contributed by atoms with E-state index in [-0.39, 0.29) is 35.9 Å². The fourth-order valence-corrected chi connectivity index (χ4v) is 7.00. The Labute approximate surface area is 284 Å². The van der Waals surface area contributed by atoms with Gasteiger partial charge in [-0.3, -0.25) is 14.2 Å². The Morgan fingerprint density at radius 2 is 1.77 bits per heavy atom. The quantitative estimate of drug-likeness (QED) is 0.297. The summed E-state index contributed by atoms with van der Waals surface area (Å²) in [6, 6.07) is 16.9. The summed E-state index contributed by atoms with van der Waals surface area (Å²) in [6.45, 7) is 7.14. The molecule has 254 valence electrons. The largest absolute Gasteiger partial charge is 0.495 e. The second kappa shape index (κ2) is 13.3. The van der Waals surface area contributed by atoms with Gasteiger partial charge in [0, 0.05) is 50.3 Å². The van der Waals surface area contributed by atoms with Gasteiger partial charge in [-0.15, -0.1) is 0 Å². The number of carbonyl (C=O) groups excluding carboxylic acids is 2. The number of hydrogen-bond acceptors (Lipinski definition) is 7. The highest BCUT2D eigenvalue weighted by Crippen LogP contribution is 2.36. The Hall–Kier alpha value is -4.35. The number of benzene rings is 2. The first-order chi connectivity index (χ1) is 22.9. The molecule has 0 spiro atoms. The van der Waals surface area contributed by atoms with Gasteiger partial charge in [0.1, 0.15) is 17.7 Å². The Bertz CT molecular complexity index is 1860. The number of carbonyl (C=O) groups is 2. The number of aromatic nitrogens is 3. The third kappa shape index (κ3) is 6.93. The smallest absolute Gasteiger partial charge is 0.410 e. The maximum Gasteiger partial charge on any atom is 0.410 e. The van der Waals surface area contributed by atoms with Gasteiger partial charge in [0.2, 0.25) is 5.91 Å². The maximum absolute atomic E-state index is 14.0. The lowest BCUT2D eigenvalue weighted by Gasteiger charge is -2.43. The Balaban J connectivity index is 1.14. The van der Waals surface area contributed by atoms with E-state index >= 15 is 0 Å². The van der Waals surface area contributed by atoms with Gasteiger partial charge >= 0.3 is 6.09 Å². The lowest BCUT2D eigenvalue weighted by atomic mass is 9.79. The van der Waals surface area contributed by atoms with E-state index in [9.17, 15) is 19.5 Å². The number of amides is 2. The van der Waals surface area contributed by atoms with E-state index in [0.717, 1.165) is 11.3 Å². The molecule has 2 atom stereocenters. The van der Waals surface area contributed by atoms with Crippen LogP contribution in [-0.4, -0.2) is 85.5 Å². The summed E-state index contributed by atoms with van der Waals surface area (Å²) >= 11 is 6.19. The molecule has 1 N–H and O–H groups in total. The molecule has 48 heavy (non-hydrogen) atoms. The third-order valence-corrected chi connectivity index (χ3v) is 9.68. The molecular weight excluding hydrogens is 634 g/mol. The van der Waals surface area contributed by atoms with Crippen LogP contribution >= 0.6 is 11.6 Å². The first-order valence-corrected chi connectivity index (χ1v) is 16.7. The molecule has 4 aromatic rings. The number of piperidine rings is 2. The van der Waals surface area contributed by atoms with Crippen LogP contribution < -0.4 is 10.3 Å². The molecule has 2 aliphatic heterocycles. The fourth-order valence-electron chi connectivity index (χ4n) is 6.80. The Kier molecular flexibility index (Phi) is 9.28. The van der Waals surface area contributed by atoms with Crippen LogP contribution in [0.3, 0.4) is 0 Å². The first kappa shape index (κ1) is 33.5. The van der Waals surface area contributed by atoms with Crippen LogP contribution in [0.5, 0.6) is 5.75 Å². The molecule has 0 aliphatic carbocycles. The lowest BCUT2D eigenvalue weighted by Crippen LogP contribution is -2.53. The van der Waals surface area contributed by atoms with Crippen molar-refractivity contribution in [3.05, 3.63) is 88.1 Å². The third-order valence-electron chi connectivity index (χ3n) is 9.36. The van der Waals surface area contributed by atoms with Crippen molar-refractivity contribution >= 4 is 34.6 Å². The number of methoxy groups -OCH3 is 1. The van der Waals surface area contributed by atoms with Gasteiger partial charge in [0.15, 0.2) is 5.65 Å². The number of nitrogens with zero attached hydrogens (tertiary/aromatic N) is 5. The molecular formula is C36H42ClN5O6. The van der Waals surface area contributed by atoms with Crippen molar-refractivity contribution in [2.75, 3.05) is 33.3 Å². The summed E-state index contributed by atoms with van der Waals surface area (Å²) in [5.74, 6) is 0.0444. The number of aliphatic hydroxyl groups is 1. The highest BCUT2D eigenvalue weighted by atomic mass is 35.5. The zero-order valence-corrected chi connectivity index (χ0v) is 28.5. The zero-order chi connectivity index (χ0) is 34.2. The SMILES string of the molecule is COc1cc(-n2ccc3c(=O)n(CC4(O)CCN(C(=O)[C@@H]5CCN(C(=O)OC(C)(C)C)C[C@H]5c5ccccc5)CC4)cnc32)ccc1Cl. The molecule has 0 bridgehead atoms. The molecule has 2 amide bonds. The van der Waals surface area contributed by atoms with Crippen molar-refractivity contribution < 1.29 is 24.2 Å². The van der Waals surface area contributed by atoms with Gasteiger partial charge in [-0.1, -0.05) is 41.9 Å². The van der Waals surface area contributed by atoms with Crippen molar-refractivity contribution in [2.45, 2.75) is 63.7 Å². The van der Waals surface area contributed by atoms with Crippen LogP contribution in [-0.2, 0) is 16.1 Å². The van der Waals surface area contributed by atoms with E-state index < -0.39 is 11.2 Å². The van der Waals surface area contributed by atoms with E-state index in [1.807, 2.05) is 62.1 Å². The first-order valence-electron chi connectivity index (χ1n) is 16.3. The van der Waals surface area contributed by atoms with Gasteiger partial charge in [0.25, 0.3) is 5.56 Å². The van der Waals surface area contributed by atoms with Gasteiger partial charge in [-0.05, 0) is 63.8 Å². The minimum atomic E-state index is -1.18. The molecule has 2 fully saturated rings. The minimum absolute atomic E-state index is 0.0233. The van der Waals surface area contributed by atoms with E-state index in [0.29, 0.717) is 67.2 Å². The maximum atomic E-state index is 14.0. The summed E-state index contributed by atoms with van der Waals surface area (Å²) in [6.07, 6.45) is 4.02.